The molecule has 0 fully saturated rings. The maximum atomic E-state index is 12.0. The van der Waals surface area contributed by atoms with Gasteiger partial charge in [-0.3, -0.25) is 10.1 Å². The lowest BCUT2D eigenvalue weighted by Crippen LogP contribution is -2.37. The summed E-state index contributed by atoms with van der Waals surface area (Å²) in [6.45, 7) is 0.496. The topological polar surface area (TPSA) is 112 Å². The maximum absolute atomic E-state index is 12.0. The molecule has 2 N–H and O–H groups in total. The number of rotatable bonds is 5. The third kappa shape index (κ3) is 5.38. The molecular formula is C19H17BrN2O7. The first-order chi connectivity index (χ1) is 14.0. The van der Waals surface area contributed by atoms with E-state index in [9.17, 15) is 14.4 Å². The molecule has 29 heavy (non-hydrogen) atoms. The van der Waals surface area contributed by atoms with Crippen LogP contribution in [0, 0.1) is 0 Å². The van der Waals surface area contributed by atoms with E-state index in [1.165, 1.54) is 25.3 Å². The van der Waals surface area contributed by atoms with Crippen LogP contribution < -0.4 is 24.8 Å². The first-order valence-electron chi connectivity index (χ1n) is 8.47. The fraction of sp³-hybridized carbons (Fsp3) is 0.211. The summed E-state index contributed by atoms with van der Waals surface area (Å²) in [5.41, 5.74) is 0.775. The van der Waals surface area contributed by atoms with Gasteiger partial charge < -0.3 is 24.3 Å². The van der Waals surface area contributed by atoms with E-state index in [4.69, 9.17) is 14.2 Å². The van der Waals surface area contributed by atoms with Gasteiger partial charge in [0.15, 0.2) is 18.1 Å². The summed E-state index contributed by atoms with van der Waals surface area (Å²) in [5.74, 6) is 0.300. The van der Waals surface area contributed by atoms with Crippen molar-refractivity contribution < 1.29 is 33.3 Å². The van der Waals surface area contributed by atoms with Crippen LogP contribution in [0.3, 0.4) is 0 Å². The Bertz CT molecular complexity index is 948. The minimum absolute atomic E-state index is 0.329. The predicted molar refractivity (Wildman–Crippen MR) is 106 cm³/mol. The molecule has 0 atom stereocenters. The molecule has 3 rings (SSSR count). The van der Waals surface area contributed by atoms with Crippen LogP contribution in [-0.2, 0) is 9.53 Å². The summed E-state index contributed by atoms with van der Waals surface area (Å²) in [6.07, 6.45) is 0. The minimum Gasteiger partial charge on any atom is -0.486 e. The van der Waals surface area contributed by atoms with E-state index in [-0.39, 0.29) is 0 Å². The second-order valence-corrected chi connectivity index (χ2v) is 6.64. The SMILES string of the molecule is COC(=O)c1ccc(OCC(=O)NC(=O)Nc2ccc3c(c2)OCCO3)c(Br)c1. The normalized spacial score (nSPS) is 11.9. The molecule has 0 saturated heterocycles. The van der Waals surface area contributed by atoms with Gasteiger partial charge in [-0.15, -0.1) is 0 Å². The van der Waals surface area contributed by atoms with E-state index in [1.54, 1.807) is 18.2 Å². The lowest BCUT2D eigenvalue weighted by molar-refractivity contribution is -0.121. The fourth-order valence-corrected chi connectivity index (χ4v) is 2.95. The van der Waals surface area contributed by atoms with Gasteiger partial charge in [-0.05, 0) is 46.3 Å². The molecular weight excluding hydrogens is 448 g/mol. The van der Waals surface area contributed by atoms with Crippen molar-refractivity contribution in [3.63, 3.8) is 0 Å². The van der Waals surface area contributed by atoms with Crippen molar-refractivity contribution in [1.82, 2.24) is 5.32 Å². The molecule has 0 aliphatic carbocycles. The number of imide groups is 1. The number of fused-ring (bicyclic) bond motifs is 1. The van der Waals surface area contributed by atoms with Gasteiger partial charge in [0.05, 0.1) is 17.1 Å². The molecule has 1 aliphatic rings. The van der Waals surface area contributed by atoms with Crippen LogP contribution in [0.4, 0.5) is 10.5 Å². The van der Waals surface area contributed by atoms with E-state index < -0.39 is 24.5 Å². The molecule has 0 spiro atoms. The number of halogens is 1. The number of hydrogen-bond donors (Lipinski definition) is 2. The molecule has 3 amide bonds. The highest BCUT2D eigenvalue weighted by molar-refractivity contribution is 9.10. The Balaban J connectivity index is 1.50. The Kier molecular flexibility index (Phi) is 6.55. The van der Waals surface area contributed by atoms with Crippen molar-refractivity contribution in [2.75, 3.05) is 32.2 Å². The number of urea groups is 1. The van der Waals surface area contributed by atoms with Crippen molar-refractivity contribution in [2.24, 2.45) is 0 Å². The van der Waals surface area contributed by atoms with Gasteiger partial charge in [-0.25, -0.2) is 9.59 Å². The molecule has 0 bridgehead atoms. The number of anilines is 1. The van der Waals surface area contributed by atoms with E-state index in [0.29, 0.717) is 46.2 Å². The van der Waals surface area contributed by atoms with Gasteiger partial charge in [0, 0.05) is 11.8 Å². The number of carbonyl (C=O) groups excluding carboxylic acids is 3. The van der Waals surface area contributed by atoms with Crippen molar-refractivity contribution >= 4 is 39.5 Å². The minimum atomic E-state index is -0.713. The van der Waals surface area contributed by atoms with Gasteiger partial charge in [0.2, 0.25) is 0 Å². The van der Waals surface area contributed by atoms with Crippen molar-refractivity contribution in [2.45, 2.75) is 0 Å². The average Bonchev–Trinajstić information content (AvgIpc) is 2.72. The molecule has 0 aromatic heterocycles. The zero-order chi connectivity index (χ0) is 20.8. The highest BCUT2D eigenvalue weighted by Crippen LogP contribution is 2.32. The van der Waals surface area contributed by atoms with Gasteiger partial charge in [0.1, 0.15) is 19.0 Å². The molecule has 10 heteroatoms. The smallest absolute Gasteiger partial charge is 0.337 e. The van der Waals surface area contributed by atoms with Crippen LogP contribution in [0.1, 0.15) is 10.4 Å². The van der Waals surface area contributed by atoms with Crippen molar-refractivity contribution in [3.8, 4) is 17.2 Å². The maximum Gasteiger partial charge on any atom is 0.337 e. The number of benzene rings is 2. The number of carbonyl (C=O) groups is 3. The summed E-state index contributed by atoms with van der Waals surface area (Å²) in [7, 11) is 1.28. The second-order valence-electron chi connectivity index (χ2n) is 5.79. The third-order valence-corrected chi connectivity index (χ3v) is 4.38. The van der Waals surface area contributed by atoms with Crippen molar-refractivity contribution in [1.29, 1.82) is 0 Å². The summed E-state index contributed by atoms with van der Waals surface area (Å²) in [5, 5.41) is 4.70. The molecule has 0 radical (unpaired) electrons. The summed E-state index contributed by atoms with van der Waals surface area (Å²) >= 11 is 3.25. The molecule has 0 saturated carbocycles. The third-order valence-electron chi connectivity index (χ3n) is 3.76. The Hall–Kier alpha value is -3.27. The first-order valence-corrected chi connectivity index (χ1v) is 9.26. The van der Waals surface area contributed by atoms with Crippen LogP contribution >= 0.6 is 15.9 Å². The Morgan fingerprint density at radius 3 is 2.55 bits per heavy atom. The highest BCUT2D eigenvalue weighted by atomic mass is 79.9. The number of esters is 1. The molecule has 1 aliphatic heterocycles. The van der Waals surface area contributed by atoms with Gasteiger partial charge in [0.25, 0.3) is 5.91 Å². The molecule has 9 nitrogen and oxygen atoms in total. The predicted octanol–water partition coefficient (Wildman–Crippen LogP) is 2.73. The Morgan fingerprint density at radius 1 is 1.07 bits per heavy atom. The van der Waals surface area contributed by atoms with Crippen LogP contribution in [0.25, 0.3) is 0 Å². The average molecular weight is 465 g/mol. The monoisotopic (exact) mass is 464 g/mol. The van der Waals surface area contributed by atoms with Crippen LogP contribution in [0.5, 0.6) is 17.2 Å². The van der Waals surface area contributed by atoms with E-state index in [2.05, 4.69) is 31.3 Å². The van der Waals surface area contributed by atoms with E-state index in [0.717, 1.165) is 0 Å². The molecule has 0 unspecified atom stereocenters. The largest absolute Gasteiger partial charge is 0.486 e. The lowest BCUT2D eigenvalue weighted by atomic mass is 10.2. The standard InChI is InChI=1S/C19H17BrN2O7/c1-26-18(24)11-2-4-14(13(20)8-11)29-10-17(23)22-19(25)21-12-3-5-15-16(9-12)28-7-6-27-15/h2-5,8-9H,6-7,10H2,1H3,(H2,21,22,23,25). The summed E-state index contributed by atoms with van der Waals surface area (Å²) in [6, 6.07) is 8.72. The number of hydrogen-bond acceptors (Lipinski definition) is 7. The highest BCUT2D eigenvalue weighted by Gasteiger charge is 2.15. The van der Waals surface area contributed by atoms with Gasteiger partial charge in [-0.2, -0.15) is 0 Å². The molecule has 1 heterocycles. The molecule has 152 valence electrons. The zero-order valence-electron chi connectivity index (χ0n) is 15.3. The Morgan fingerprint density at radius 2 is 1.83 bits per heavy atom. The summed E-state index contributed by atoms with van der Waals surface area (Å²) in [4.78, 5) is 35.4. The number of nitrogens with one attached hydrogen (secondary N) is 2. The quantitative estimate of drug-likeness (QED) is 0.654. The number of methoxy groups -OCH3 is 1. The van der Waals surface area contributed by atoms with E-state index >= 15 is 0 Å². The van der Waals surface area contributed by atoms with Crippen LogP contribution in [-0.4, -0.2) is 44.8 Å². The summed E-state index contributed by atoms with van der Waals surface area (Å²) < 4.78 is 21.3. The lowest BCUT2D eigenvalue weighted by Gasteiger charge is -2.19. The second kappa shape index (κ2) is 9.28. The fourth-order valence-electron chi connectivity index (χ4n) is 2.45. The van der Waals surface area contributed by atoms with Gasteiger partial charge >= 0.3 is 12.0 Å². The van der Waals surface area contributed by atoms with Crippen molar-refractivity contribution in [3.05, 3.63) is 46.4 Å². The molecule has 2 aromatic carbocycles. The first kappa shape index (κ1) is 20.5. The van der Waals surface area contributed by atoms with Crippen LogP contribution in [0.2, 0.25) is 0 Å². The van der Waals surface area contributed by atoms with Gasteiger partial charge in [-0.1, -0.05) is 0 Å². The number of amides is 3. The van der Waals surface area contributed by atoms with Crippen LogP contribution in [0.15, 0.2) is 40.9 Å². The zero-order valence-corrected chi connectivity index (χ0v) is 16.9. The van der Waals surface area contributed by atoms with E-state index in [1.807, 2.05) is 0 Å². The molecule has 2 aromatic rings. The Labute approximate surface area is 174 Å². The number of ether oxygens (including phenoxy) is 4.